The summed E-state index contributed by atoms with van der Waals surface area (Å²) in [5.74, 6) is 0.651. The Hall–Kier alpha value is -1.09. The van der Waals surface area contributed by atoms with Crippen LogP contribution in [0.3, 0.4) is 0 Å². The van der Waals surface area contributed by atoms with Crippen molar-refractivity contribution in [1.29, 1.82) is 0 Å². The molecule has 1 heterocycles. The molecule has 0 spiro atoms. The fourth-order valence-electron chi connectivity index (χ4n) is 1.79. The molecule has 0 saturated heterocycles. The van der Waals surface area contributed by atoms with Gasteiger partial charge in [0.05, 0.1) is 6.20 Å². The second-order valence-electron chi connectivity index (χ2n) is 4.25. The van der Waals surface area contributed by atoms with Crippen molar-refractivity contribution < 1.29 is 0 Å². The Morgan fingerprint density at radius 3 is 2.65 bits per heavy atom. The highest BCUT2D eigenvalue weighted by atomic mass is 79.9. The van der Waals surface area contributed by atoms with E-state index in [4.69, 9.17) is 0 Å². The lowest BCUT2D eigenvalue weighted by atomic mass is 10.1. The van der Waals surface area contributed by atoms with E-state index in [9.17, 15) is 0 Å². The van der Waals surface area contributed by atoms with E-state index in [1.54, 1.807) is 0 Å². The van der Waals surface area contributed by atoms with Crippen LogP contribution in [-0.4, -0.2) is 15.1 Å². The zero-order valence-corrected chi connectivity index (χ0v) is 11.6. The average Bonchev–Trinajstić information content (AvgIpc) is 2.85. The number of hydrogen-bond acceptors (Lipinski definition) is 1. The molecule has 1 aromatic carbocycles. The molecule has 0 fully saturated rings. The molecular formula is C14H17BrN2. The second kappa shape index (κ2) is 6.01. The van der Waals surface area contributed by atoms with E-state index < -0.39 is 0 Å². The number of aromatic nitrogens is 2. The van der Waals surface area contributed by atoms with Gasteiger partial charge in [-0.15, -0.1) is 0 Å². The first-order valence-electron chi connectivity index (χ1n) is 5.97. The first kappa shape index (κ1) is 12.4. The van der Waals surface area contributed by atoms with Crippen LogP contribution in [-0.2, 0) is 6.54 Å². The van der Waals surface area contributed by atoms with Crippen molar-refractivity contribution in [3.63, 3.8) is 0 Å². The van der Waals surface area contributed by atoms with Gasteiger partial charge < -0.3 is 0 Å². The molecule has 2 rings (SSSR count). The molecule has 2 aromatic rings. The van der Waals surface area contributed by atoms with Gasteiger partial charge in [0.1, 0.15) is 0 Å². The summed E-state index contributed by atoms with van der Waals surface area (Å²) in [5, 5.41) is 5.46. The largest absolute Gasteiger partial charge is 0.272 e. The van der Waals surface area contributed by atoms with E-state index in [1.165, 1.54) is 17.5 Å². The molecule has 1 aromatic heterocycles. The van der Waals surface area contributed by atoms with Crippen molar-refractivity contribution in [2.45, 2.75) is 19.9 Å². The van der Waals surface area contributed by atoms with Crippen LogP contribution in [0.1, 0.15) is 13.3 Å². The monoisotopic (exact) mass is 292 g/mol. The Balaban J connectivity index is 2.11. The Morgan fingerprint density at radius 2 is 2.00 bits per heavy atom. The SMILES string of the molecule is CCC(CBr)Cn1cc(-c2ccccc2)cn1. The lowest BCUT2D eigenvalue weighted by Crippen LogP contribution is -2.11. The van der Waals surface area contributed by atoms with Gasteiger partial charge in [0, 0.05) is 23.6 Å². The van der Waals surface area contributed by atoms with E-state index in [0.29, 0.717) is 5.92 Å². The normalized spacial score (nSPS) is 12.6. The number of nitrogens with zero attached hydrogens (tertiary/aromatic N) is 2. The minimum absolute atomic E-state index is 0.651. The molecule has 90 valence electrons. The highest BCUT2D eigenvalue weighted by Gasteiger charge is 2.07. The quantitative estimate of drug-likeness (QED) is 0.763. The lowest BCUT2D eigenvalue weighted by Gasteiger charge is -2.10. The van der Waals surface area contributed by atoms with Gasteiger partial charge in [-0.2, -0.15) is 5.10 Å². The van der Waals surface area contributed by atoms with Gasteiger partial charge in [-0.3, -0.25) is 4.68 Å². The summed E-state index contributed by atoms with van der Waals surface area (Å²) in [4.78, 5) is 0. The highest BCUT2D eigenvalue weighted by Crippen LogP contribution is 2.18. The zero-order valence-electron chi connectivity index (χ0n) is 10.0. The highest BCUT2D eigenvalue weighted by molar-refractivity contribution is 9.09. The maximum absolute atomic E-state index is 4.42. The van der Waals surface area contributed by atoms with Crippen molar-refractivity contribution >= 4 is 15.9 Å². The van der Waals surface area contributed by atoms with Crippen LogP contribution < -0.4 is 0 Å². The van der Waals surface area contributed by atoms with Gasteiger partial charge in [-0.25, -0.2) is 0 Å². The summed E-state index contributed by atoms with van der Waals surface area (Å²) in [5.41, 5.74) is 2.42. The smallest absolute Gasteiger partial charge is 0.0568 e. The molecule has 0 saturated carbocycles. The fraction of sp³-hybridized carbons (Fsp3) is 0.357. The van der Waals surface area contributed by atoms with Crippen molar-refractivity contribution in [2.24, 2.45) is 5.92 Å². The van der Waals surface area contributed by atoms with Gasteiger partial charge in [0.2, 0.25) is 0 Å². The maximum Gasteiger partial charge on any atom is 0.0568 e. The molecule has 17 heavy (non-hydrogen) atoms. The van der Waals surface area contributed by atoms with E-state index >= 15 is 0 Å². The predicted octanol–water partition coefficient (Wildman–Crippen LogP) is 3.97. The summed E-state index contributed by atoms with van der Waals surface area (Å²) in [6.45, 7) is 3.20. The first-order valence-corrected chi connectivity index (χ1v) is 7.09. The van der Waals surface area contributed by atoms with Crippen LogP contribution in [0.5, 0.6) is 0 Å². The molecule has 0 aliphatic heterocycles. The van der Waals surface area contributed by atoms with Crippen molar-refractivity contribution in [1.82, 2.24) is 9.78 Å². The lowest BCUT2D eigenvalue weighted by molar-refractivity contribution is 0.447. The minimum atomic E-state index is 0.651. The van der Waals surface area contributed by atoms with Gasteiger partial charge in [0.25, 0.3) is 0 Å². The van der Waals surface area contributed by atoms with Crippen molar-refractivity contribution in [2.75, 3.05) is 5.33 Å². The predicted molar refractivity (Wildman–Crippen MR) is 75.2 cm³/mol. The number of halogens is 1. The standard InChI is InChI=1S/C14H17BrN2/c1-2-12(8-15)10-17-11-14(9-16-17)13-6-4-3-5-7-13/h3-7,9,11-12H,2,8,10H2,1H3. The fourth-order valence-corrected chi connectivity index (χ4v) is 2.46. The summed E-state index contributed by atoms with van der Waals surface area (Å²) in [7, 11) is 0. The molecule has 1 unspecified atom stereocenters. The Morgan fingerprint density at radius 1 is 1.24 bits per heavy atom. The van der Waals surface area contributed by atoms with Crippen LogP contribution in [0, 0.1) is 5.92 Å². The van der Waals surface area contributed by atoms with E-state index in [0.717, 1.165) is 11.9 Å². The topological polar surface area (TPSA) is 17.8 Å². The Bertz CT molecular complexity index is 446. The molecule has 0 radical (unpaired) electrons. The molecule has 0 N–H and O–H groups in total. The third-order valence-corrected chi connectivity index (χ3v) is 3.90. The third-order valence-electron chi connectivity index (χ3n) is 2.98. The van der Waals surface area contributed by atoms with E-state index in [2.05, 4.69) is 58.4 Å². The molecular weight excluding hydrogens is 276 g/mol. The summed E-state index contributed by atoms with van der Waals surface area (Å²) in [6.07, 6.45) is 5.24. The number of hydrogen-bond donors (Lipinski definition) is 0. The van der Waals surface area contributed by atoms with Crippen LogP contribution >= 0.6 is 15.9 Å². The summed E-state index contributed by atoms with van der Waals surface area (Å²) < 4.78 is 2.04. The molecule has 2 nitrogen and oxygen atoms in total. The van der Waals surface area contributed by atoms with Gasteiger partial charge in [-0.05, 0) is 11.5 Å². The Kier molecular flexibility index (Phi) is 4.37. The number of benzene rings is 1. The van der Waals surface area contributed by atoms with E-state index in [-0.39, 0.29) is 0 Å². The number of rotatable bonds is 5. The Labute approximate surface area is 111 Å². The molecule has 0 bridgehead atoms. The molecule has 1 atom stereocenters. The van der Waals surface area contributed by atoms with Gasteiger partial charge in [-0.1, -0.05) is 59.6 Å². The maximum atomic E-state index is 4.42. The van der Waals surface area contributed by atoms with Crippen molar-refractivity contribution in [3.8, 4) is 11.1 Å². The minimum Gasteiger partial charge on any atom is -0.272 e. The summed E-state index contributed by atoms with van der Waals surface area (Å²) >= 11 is 3.54. The average molecular weight is 293 g/mol. The van der Waals surface area contributed by atoms with Gasteiger partial charge >= 0.3 is 0 Å². The first-order chi connectivity index (χ1) is 8.33. The van der Waals surface area contributed by atoms with Crippen LogP contribution in [0.4, 0.5) is 0 Å². The van der Waals surface area contributed by atoms with Crippen molar-refractivity contribution in [3.05, 3.63) is 42.7 Å². The molecule has 0 aliphatic rings. The molecule has 3 heteroatoms. The van der Waals surface area contributed by atoms with E-state index in [1.807, 2.05) is 16.9 Å². The summed E-state index contributed by atoms with van der Waals surface area (Å²) in [6, 6.07) is 10.4. The van der Waals surface area contributed by atoms with Crippen LogP contribution in [0.25, 0.3) is 11.1 Å². The third kappa shape index (κ3) is 3.19. The van der Waals surface area contributed by atoms with Gasteiger partial charge in [0.15, 0.2) is 0 Å². The number of alkyl halides is 1. The van der Waals surface area contributed by atoms with Crippen LogP contribution in [0.2, 0.25) is 0 Å². The van der Waals surface area contributed by atoms with Crippen LogP contribution in [0.15, 0.2) is 42.7 Å². The zero-order chi connectivity index (χ0) is 12.1. The molecule has 0 amide bonds. The second-order valence-corrected chi connectivity index (χ2v) is 4.89. The molecule has 0 aliphatic carbocycles.